The molecular weight excluding hydrogens is 725 g/mol. The van der Waals surface area contributed by atoms with Gasteiger partial charge >= 0.3 is 0 Å². The molecule has 2 heteroatoms. The van der Waals surface area contributed by atoms with E-state index in [1.54, 1.807) is 0 Å². The normalized spacial score (nSPS) is 13.2. The molecule has 60 heavy (non-hydrogen) atoms. The highest BCUT2D eigenvalue weighted by molar-refractivity contribution is 6.15. The van der Waals surface area contributed by atoms with Crippen LogP contribution in [0.3, 0.4) is 0 Å². The van der Waals surface area contributed by atoms with E-state index >= 15 is 0 Å². The average molecular weight is 765 g/mol. The van der Waals surface area contributed by atoms with Crippen molar-refractivity contribution in [2.45, 2.75) is 25.7 Å². The summed E-state index contributed by atoms with van der Waals surface area (Å²) in [5, 5.41) is 0. The topological polar surface area (TPSA) is 52.0 Å². The van der Waals surface area contributed by atoms with Gasteiger partial charge in [0.2, 0.25) is 0 Å². The number of nitrogens with two attached hydrogens (primary N) is 2. The van der Waals surface area contributed by atoms with Crippen LogP contribution in [-0.4, -0.2) is 0 Å². The fourth-order valence-corrected chi connectivity index (χ4v) is 11.5. The Morgan fingerprint density at radius 2 is 0.417 bits per heavy atom. The Morgan fingerprint density at radius 3 is 0.667 bits per heavy atom. The average Bonchev–Trinajstić information content (AvgIpc) is 4.07. The van der Waals surface area contributed by atoms with Crippen molar-refractivity contribution in [2.24, 2.45) is 0 Å². The van der Waals surface area contributed by atoms with Crippen LogP contribution in [0.25, 0.3) is 89.0 Å². The zero-order valence-electron chi connectivity index (χ0n) is 33.1. The summed E-state index contributed by atoms with van der Waals surface area (Å²) in [4.78, 5) is 0. The third-order valence-corrected chi connectivity index (χ3v) is 14.1. The van der Waals surface area contributed by atoms with Crippen molar-refractivity contribution in [3.8, 4) is 89.0 Å². The lowest BCUT2D eigenvalue weighted by atomic mass is 9.77. The van der Waals surface area contributed by atoms with Gasteiger partial charge in [-0.1, -0.05) is 170 Å². The molecule has 282 valence electrons. The molecule has 4 aliphatic carbocycles. The highest BCUT2D eigenvalue weighted by Gasteiger charge is 2.34. The molecule has 0 bridgehead atoms. The first kappa shape index (κ1) is 33.5. The van der Waals surface area contributed by atoms with Crippen molar-refractivity contribution < 1.29 is 0 Å². The van der Waals surface area contributed by atoms with E-state index in [2.05, 4.69) is 170 Å². The Labute approximate surface area is 350 Å². The van der Waals surface area contributed by atoms with Crippen LogP contribution in [0.2, 0.25) is 0 Å². The minimum Gasteiger partial charge on any atom is -0.398 e. The number of nitrogen functional groups attached to an aromatic ring is 2. The van der Waals surface area contributed by atoms with Gasteiger partial charge in [-0.25, -0.2) is 0 Å². The van der Waals surface area contributed by atoms with E-state index in [9.17, 15) is 0 Å². The van der Waals surface area contributed by atoms with Gasteiger partial charge in [-0.3, -0.25) is 0 Å². The molecule has 9 aromatic carbocycles. The maximum absolute atomic E-state index is 8.09. The van der Waals surface area contributed by atoms with Crippen molar-refractivity contribution in [1.29, 1.82) is 0 Å². The SMILES string of the molecule is Nc1c(-c2cccc3c2Cc2ccccc2-3)c(-c2cccc3c2Cc2ccccc2-3)c(N)c(-c2cccc3c2Cc2ccccc2-3)c1-c1cccc2c1Cc1ccccc1-2. The third-order valence-electron chi connectivity index (χ3n) is 14.1. The number of hydrogen-bond donors (Lipinski definition) is 2. The molecule has 0 aromatic heterocycles. The Morgan fingerprint density at radius 1 is 0.217 bits per heavy atom. The van der Waals surface area contributed by atoms with E-state index in [1.165, 1.54) is 89.0 Å². The van der Waals surface area contributed by atoms with Crippen molar-refractivity contribution >= 4 is 11.4 Å². The lowest BCUT2D eigenvalue weighted by molar-refractivity contribution is 1.25. The van der Waals surface area contributed by atoms with Crippen molar-refractivity contribution in [3.05, 3.63) is 214 Å². The zero-order chi connectivity index (χ0) is 39.6. The minimum absolute atomic E-state index is 0.782. The van der Waals surface area contributed by atoms with E-state index in [0.717, 1.165) is 81.6 Å². The molecule has 0 atom stereocenters. The fraction of sp³-hybridized carbons (Fsp3) is 0.0690. The molecular formula is C58H40N2. The molecule has 0 saturated carbocycles. The summed E-state index contributed by atoms with van der Waals surface area (Å²) in [7, 11) is 0. The van der Waals surface area contributed by atoms with Crippen molar-refractivity contribution in [3.63, 3.8) is 0 Å². The van der Waals surface area contributed by atoms with Gasteiger partial charge in [0.15, 0.2) is 0 Å². The lowest BCUT2D eigenvalue weighted by Gasteiger charge is -2.28. The lowest BCUT2D eigenvalue weighted by Crippen LogP contribution is -2.08. The number of anilines is 2. The predicted molar refractivity (Wildman–Crippen MR) is 250 cm³/mol. The molecule has 0 fully saturated rings. The fourth-order valence-electron chi connectivity index (χ4n) is 11.5. The summed E-state index contributed by atoms with van der Waals surface area (Å²) in [5.74, 6) is 0. The summed E-state index contributed by atoms with van der Waals surface area (Å²) in [6.07, 6.45) is 3.37. The first-order chi connectivity index (χ1) is 29.6. The number of hydrogen-bond acceptors (Lipinski definition) is 2. The van der Waals surface area contributed by atoms with E-state index in [1.807, 2.05) is 0 Å². The molecule has 0 heterocycles. The van der Waals surface area contributed by atoms with Crippen LogP contribution >= 0.6 is 0 Å². The largest absolute Gasteiger partial charge is 0.398 e. The number of benzene rings is 9. The van der Waals surface area contributed by atoms with E-state index < -0.39 is 0 Å². The third kappa shape index (κ3) is 4.59. The Hall–Kier alpha value is -7.42. The molecule has 0 amide bonds. The van der Waals surface area contributed by atoms with Gasteiger partial charge in [-0.05, 0) is 137 Å². The van der Waals surface area contributed by atoms with Gasteiger partial charge < -0.3 is 11.5 Å². The maximum atomic E-state index is 8.09. The van der Waals surface area contributed by atoms with Gasteiger partial charge in [0.05, 0.1) is 0 Å². The van der Waals surface area contributed by atoms with E-state index in [-0.39, 0.29) is 0 Å². The second-order valence-corrected chi connectivity index (χ2v) is 17.0. The van der Waals surface area contributed by atoms with Gasteiger partial charge in [-0.15, -0.1) is 0 Å². The van der Waals surface area contributed by atoms with E-state index in [0.29, 0.717) is 0 Å². The quantitative estimate of drug-likeness (QED) is 0.175. The van der Waals surface area contributed by atoms with E-state index in [4.69, 9.17) is 11.5 Å². The molecule has 13 rings (SSSR count). The number of fused-ring (bicyclic) bond motifs is 12. The summed E-state index contributed by atoms with van der Waals surface area (Å²) in [6.45, 7) is 0. The maximum Gasteiger partial charge on any atom is 0.0487 e. The van der Waals surface area contributed by atoms with Crippen LogP contribution in [0.1, 0.15) is 44.5 Å². The summed E-state index contributed by atoms with van der Waals surface area (Å²) >= 11 is 0. The second kappa shape index (κ2) is 12.5. The summed E-state index contributed by atoms with van der Waals surface area (Å²) in [5.41, 5.74) is 47.4. The van der Waals surface area contributed by atoms with Crippen LogP contribution in [0.4, 0.5) is 11.4 Å². The van der Waals surface area contributed by atoms with Gasteiger partial charge in [-0.2, -0.15) is 0 Å². The highest BCUT2D eigenvalue weighted by Crippen LogP contribution is 2.58. The first-order valence-electron chi connectivity index (χ1n) is 21.2. The van der Waals surface area contributed by atoms with Crippen LogP contribution in [0, 0.1) is 0 Å². The summed E-state index contributed by atoms with van der Waals surface area (Å²) < 4.78 is 0. The molecule has 0 saturated heterocycles. The molecule has 0 unspecified atom stereocenters. The Kier molecular flexibility index (Phi) is 7.01. The minimum atomic E-state index is 0.782. The highest BCUT2D eigenvalue weighted by atomic mass is 14.6. The molecule has 4 N–H and O–H groups in total. The van der Waals surface area contributed by atoms with Crippen molar-refractivity contribution in [2.75, 3.05) is 11.5 Å². The molecule has 0 radical (unpaired) electrons. The van der Waals surface area contributed by atoms with Gasteiger partial charge in [0.25, 0.3) is 0 Å². The molecule has 0 spiro atoms. The molecule has 9 aromatic rings. The van der Waals surface area contributed by atoms with Gasteiger partial charge in [0.1, 0.15) is 0 Å². The van der Waals surface area contributed by atoms with Crippen LogP contribution < -0.4 is 11.5 Å². The molecule has 2 nitrogen and oxygen atoms in total. The van der Waals surface area contributed by atoms with Crippen molar-refractivity contribution in [1.82, 2.24) is 0 Å². The van der Waals surface area contributed by atoms with Crippen LogP contribution in [0.15, 0.2) is 170 Å². The van der Waals surface area contributed by atoms with Crippen LogP contribution in [-0.2, 0) is 25.7 Å². The first-order valence-corrected chi connectivity index (χ1v) is 21.2. The number of rotatable bonds is 4. The Balaban J connectivity index is 1.18. The zero-order valence-corrected chi connectivity index (χ0v) is 33.1. The predicted octanol–water partition coefficient (Wildman–Crippen LogP) is 13.8. The standard InChI is InChI=1S/C58H40N2/c59-57-53(45-25-9-21-41-37-17-5-1-13-33(37)29-49(41)45)54(46-26-10-22-42-38-18-6-2-14-34(38)30-50(42)46)58(60)56(48-28-12-24-44-40-20-8-4-16-36(40)32-52(44)48)55(57)47-27-11-23-43-39-19-7-3-15-35(39)31-51(43)47/h1-28H,29-32,59-60H2. The smallest absolute Gasteiger partial charge is 0.0487 e. The Bertz CT molecular complexity index is 2900. The molecule has 4 aliphatic rings. The van der Waals surface area contributed by atoms with Gasteiger partial charge in [0, 0.05) is 33.6 Å². The monoisotopic (exact) mass is 764 g/mol. The molecule has 0 aliphatic heterocycles. The second-order valence-electron chi connectivity index (χ2n) is 17.0. The van der Waals surface area contributed by atoms with Crippen LogP contribution in [0.5, 0.6) is 0 Å². The summed E-state index contributed by atoms with van der Waals surface area (Å²) in [6, 6.07) is 62.5.